The lowest BCUT2D eigenvalue weighted by molar-refractivity contribution is -0.329. The summed E-state index contributed by atoms with van der Waals surface area (Å²) in [5, 5.41) is 41.2. The zero-order valence-electron chi connectivity index (χ0n) is 16.4. The third-order valence-electron chi connectivity index (χ3n) is 5.90. The molecule has 0 spiro atoms. The van der Waals surface area contributed by atoms with Gasteiger partial charge in [-0.2, -0.15) is 4.39 Å². The maximum atomic E-state index is 14.4. The molecule has 0 unspecified atom stereocenters. The highest BCUT2D eigenvalue weighted by Crippen LogP contribution is 2.49. The molecule has 10 heteroatoms. The van der Waals surface area contributed by atoms with Crippen LogP contribution in [0, 0.1) is 11.6 Å². The van der Waals surface area contributed by atoms with E-state index in [0.29, 0.717) is 5.56 Å². The van der Waals surface area contributed by atoms with Crippen molar-refractivity contribution < 1.29 is 43.4 Å². The molecule has 0 aliphatic carbocycles. The minimum absolute atomic E-state index is 0.0208. The van der Waals surface area contributed by atoms with Gasteiger partial charge in [0.25, 0.3) is 0 Å². The lowest BCUT2D eigenvalue weighted by atomic mass is 9.83. The summed E-state index contributed by atoms with van der Waals surface area (Å²) in [4.78, 5) is 0. The van der Waals surface area contributed by atoms with Crippen molar-refractivity contribution in [1.82, 2.24) is 0 Å². The Morgan fingerprint density at radius 3 is 2.52 bits per heavy atom. The zero-order chi connectivity index (χ0) is 22.6. The highest BCUT2D eigenvalue weighted by Gasteiger charge is 2.67. The number of aliphatic hydroxyl groups is 4. The van der Waals surface area contributed by atoms with Crippen LogP contribution in [-0.2, 0) is 21.7 Å². The van der Waals surface area contributed by atoms with Gasteiger partial charge in [-0.3, -0.25) is 0 Å². The van der Waals surface area contributed by atoms with Crippen LogP contribution in [0.25, 0.3) is 0 Å². The lowest BCUT2D eigenvalue weighted by Gasteiger charge is -2.46. The van der Waals surface area contributed by atoms with Crippen LogP contribution in [0.3, 0.4) is 0 Å². The first-order valence-electron chi connectivity index (χ1n) is 9.48. The van der Waals surface area contributed by atoms with Crippen molar-refractivity contribution in [2.75, 3.05) is 20.3 Å². The van der Waals surface area contributed by atoms with Gasteiger partial charge in [0, 0.05) is 17.0 Å². The Balaban J connectivity index is 1.73. The van der Waals surface area contributed by atoms with Gasteiger partial charge in [-0.05, 0) is 29.3 Å². The third kappa shape index (κ3) is 3.32. The first kappa shape index (κ1) is 22.3. The molecule has 4 rings (SSSR count). The molecule has 4 N–H and O–H groups in total. The van der Waals surface area contributed by atoms with Crippen LogP contribution in [0.1, 0.15) is 16.7 Å². The van der Waals surface area contributed by atoms with Gasteiger partial charge < -0.3 is 34.6 Å². The SMILES string of the molecule is COc1ccc(Cc2cc([C@@]34OC[C@@](CO)(O3)[C@@H](O)[C@H](O)[C@H]4O)ccc2Cl)c(F)c1F. The average Bonchev–Trinajstić information content (AvgIpc) is 3.16. The average molecular weight is 459 g/mol. The molecule has 0 radical (unpaired) electrons. The fourth-order valence-corrected chi connectivity index (χ4v) is 4.26. The summed E-state index contributed by atoms with van der Waals surface area (Å²) < 4.78 is 44.8. The van der Waals surface area contributed by atoms with Gasteiger partial charge >= 0.3 is 0 Å². The minimum Gasteiger partial charge on any atom is -0.494 e. The number of halogens is 3. The normalized spacial score (nSPS) is 32.3. The van der Waals surface area contributed by atoms with E-state index in [0.717, 1.165) is 0 Å². The summed E-state index contributed by atoms with van der Waals surface area (Å²) in [5.74, 6) is -4.32. The monoisotopic (exact) mass is 458 g/mol. The molecule has 2 saturated heterocycles. The van der Waals surface area contributed by atoms with E-state index in [1.54, 1.807) is 0 Å². The molecule has 2 aliphatic rings. The van der Waals surface area contributed by atoms with Gasteiger partial charge in [0.05, 0.1) is 20.3 Å². The Kier molecular flexibility index (Phi) is 5.72. The Bertz CT molecular complexity index is 1010. The maximum Gasteiger partial charge on any atom is 0.225 e. The predicted octanol–water partition coefficient (Wildman–Crippen LogP) is 1.24. The summed E-state index contributed by atoms with van der Waals surface area (Å²) >= 11 is 6.26. The first-order valence-corrected chi connectivity index (χ1v) is 9.86. The number of methoxy groups -OCH3 is 1. The van der Waals surface area contributed by atoms with Gasteiger partial charge in [0.15, 0.2) is 11.6 Å². The molecule has 2 bridgehead atoms. The largest absolute Gasteiger partial charge is 0.494 e. The second-order valence-electron chi connectivity index (χ2n) is 7.70. The number of hydrogen-bond acceptors (Lipinski definition) is 7. The number of ether oxygens (including phenoxy) is 3. The molecular weight excluding hydrogens is 438 g/mol. The van der Waals surface area contributed by atoms with E-state index in [2.05, 4.69) is 0 Å². The summed E-state index contributed by atoms with van der Waals surface area (Å²) in [7, 11) is 1.23. The lowest BCUT2D eigenvalue weighted by Crippen LogP contribution is -2.65. The van der Waals surface area contributed by atoms with Gasteiger partial charge in [0.1, 0.15) is 23.9 Å². The summed E-state index contributed by atoms with van der Waals surface area (Å²) in [5.41, 5.74) is -0.995. The Morgan fingerprint density at radius 2 is 1.84 bits per heavy atom. The topological polar surface area (TPSA) is 109 Å². The molecule has 0 saturated carbocycles. The fraction of sp³-hybridized carbons (Fsp3) is 0.429. The molecule has 0 amide bonds. The highest BCUT2D eigenvalue weighted by molar-refractivity contribution is 6.31. The predicted molar refractivity (Wildman–Crippen MR) is 104 cm³/mol. The number of hydrogen-bond donors (Lipinski definition) is 4. The van der Waals surface area contributed by atoms with Crippen molar-refractivity contribution >= 4 is 11.6 Å². The van der Waals surface area contributed by atoms with Crippen LogP contribution < -0.4 is 4.74 Å². The van der Waals surface area contributed by atoms with E-state index >= 15 is 0 Å². The molecule has 2 fully saturated rings. The van der Waals surface area contributed by atoms with Crippen molar-refractivity contribution in [3.63, 3.8) is 0 Å². The van der Waals surface area contributed by atoms with E-state index in [1.165, 1.54) is 37.4 Å². The number of fused-ring (bicyclic) bond motifs is 2. The minimum atomic E-state index is -1.88. The van der Waals surface area contributed by atoms with Crippen LogP contribution >= 0.6 is 11.6 Å². The second kappa shape index (κ2) is 7.93. The quantitative estimate of drug-likeness (QED) is 0.534. The van der Waals surface area contributed by atoms with E-state index < -0.39 is 47.9 Å². The van der Waals surface area contributed by atoms with E-state index in [1.807, 2.05) is 0 Å². The molecule has 2 aromatic rings. The van der Waals surface area contributed by atoms with Crippen molar-refractivity contribution in [1.29, 1.82) is 0 Å². The maximum absolute atomic E-state index is 14.4. The summed E-state index contributed by atoms with van der Waals surface area (Å²) in [6.07, 6.45) is -5.02. The van der Waals surface area contributed by atoms with Crippen LogP contribution in [0.2, 0.25) is 5.02 Å². The Labute approximate surface area is 181 Å². The zero-order valence-corrected chi connectivity index (χ0v) is 17.1. The van der Waals surface area contributed by atoms with Crippen LogP contribution in [0.5, 0.6) is 5.75 Å². The molecule has 2 aromatic carbocycles. The second-order valence-corrected chi connectivity index (χ2v) is 8.11. The third-order valence-corrected chi connectivity index (χ3v) is 6.27. The molecule has 2 aliphatic heterocycles. The summed E-state index contributed by atoms with van der Waals surface area (Å²) in [6.45, 7) is -0.939. The highest BCUT2D eigenvalue weighted by atomic mass is 35.5. The smallest absolute Gasteiger partial charge is 0.225 e. The Morgan fingerprint density at radius 1 is 1.10 bits per heavy atom. The van der Waals surface area contributed by atoms with Gasteiger partial charge in [-0.1, -0.05) is 23.7 Å². The molecule has 168 valence electrons. The number of rotatable bonds is 5. The van der Waals surface area contributed by atoms with Crippen LogP contribution in [-0.4, -0.2) is 64.7 Å². The van der Waals surface area contributed by atoms with E-state index in [4.69, 9.17) is 25.8 Å². The van der Waals surface area contributed by atoms with E-state index in [9.17, 15) is 29.2 Å². The molecule has 5 atom stereocenters. The molecular formula is C21H21ClF2O7. The van der Waals surface area contributed by atoms with Crippen LogP contribution in [0.15, 0.2) is 30.3 Å². The molecule has 2 heterocycles. The molecule has 7 nitrogen and oxygen atoms in total. The molecule has 0 aromatic heterocycles. The number of aliphatic hydroxyl groups excluding tert-OH is 4. The van der Waals surface area contributed by atoms with Gasteiger partial charge in [-0.15, -0.1) is 0 Å². The van der Waals surface area contributed by atoms with Crippen molar-refractivity contribution in [3.05, 3.63) is 63.7 Å². The molecule has 31 heavy (non-hydrogen) atoms. The van der Waals surface area contributed by atoms with Gasteiger partial charge in [-0.25, -0.2) is 4.39 Å². The van der Waals surface area contributed by atoms with Crippen LogP contribution in [0.4, 0.5) is 8.78 Å². The summed E-state index contributed by atoms with van der Waals surface area (Å²) in [6, 6.07) is 7.09. The standard InChI is InChI=1S/C21H21ClF2O7/c1-29-14-5-2-10(15(23)16(14)24)6-11-7-12(3-4-13(11)22)21-19(28)17(26)18(27)20(8-25,31-21)9-30-21/h2-5,7,17-19,25-28H,6,8-9H2,1H3/t17-,18-,19+,20+,21+/m0/s1. The van der Waals surface area contributed by atoms with Crippen molar-refractivity contribution in [2.45, 2.75) is 36.1 Å². The Hall–Kier alpha value is -1.85. The number of benzene rings is 2. The van der Waals surface area contributed by atoms with Gasteiger partial charge in [0.2, 0.25) is 11.6 Å². The fourth-order valence-electron chi connectivity index (χ4n) is 4.07. The first-order chi connectivity index (χ1) is 14.7. The van der Waals surface area contributed by atoms with E-state index in [-0.39, 0.29) is 34.9 Å². The van der Waals surface area contributed by atoms with Crippen molar-refractivity contribution in [2.24, 2.45) is 0 Å². The van der Waals surface area contributed by atoms with Crippen molar-refractivity contribution in [3.8, 4) is 5.75 Å².